The monoisotopic (exact) mass is 432 g/mol. The van der Waals surface area contributed by atoms with Crippen LogP contribution in [0.5, 0.6) is 0 Å². The molecule has 0 atom stereocenters. The molecule has 2 aromatic rings. The average Bonchev–Trinajstić information content (AvgIpc) is 3.23. The highest BCUT2D eigenvalue weighted by atomic mass is 35.5. The summed E-state index contributed by atoms with van der Waals surface area (Å²) in [6.45, 7) is 5.22. The van der Waals surface area contributed by atoms with Gasteiger partial charge in [0, 0.05) is 50.1 Å². The summed E-state index contributed by atoms with van der Waals surface area (Å²) in [5, 5.41) is 10.8. The lowest BCUT2D eigenvalue weighted by atomic mass is 9.93. The molecule has 9 heteroatoms. The first kappa shape index (κ1) is 22.1. The van der Waals surface area contributed by atoms with Gasteiger partial charge in [-0.25, -0.2) is 0 Å². The van der Waals surface area contributed by atoms with Crippen molar-refractivity contribution >= 4 is 23.5 Å². The molecule has 1 aromatic heterocycles. The van der Waals surface area contributed by atoms with Crippen LogP contribution < -0.4 is 10.6 Å². The number of carbonyl (C=O) groups excluding carboxylic acids is 1. The third kappa shape index (κ3) is 6.19. The zero-order chi connectivity index (χ0) is 21.3. The van der Waals surface area contributed by atoms with Crippen LogP contribution in [0, 0.1) is 5.92 Å². The number of hydrogen-bond donors (Lipinski definition) is 2. The minimum atomic E-state index is 0.117. The lowest BCUT2D eigenvalue weighted by Gasteiger charge is -2.34. The van der Waals surface area contributed by atoms with Crippen LogP contribution in [0.3, 0.4) is 0 Å². The van der Waals surface area contributed by atoms with Crippen molar-refractivity contribution in [3.8, 4) is 11.4 Å². The lowest BCUT2D eigenvalue weighted by Crippen LogP contribution is -2.46. The first-order valence-corrected chi connectivity index (χ1v) is 10.8. The number of carbonyl (C=O) groups is 1. The second-order valence-electron chi connectivity index (χ2n) is 7.31. The SMILES string of the molecule is CCNC(=NCCc1nc(-c2ccc(Cl)cc2)no1)N1CCC(CC(=O)NC)CC1. The van der Waals surface area contributed by atoms with Gasteiger partial charge in [0.2, 0.25) is 17.6 Å². The predicted octanol–water partition coefficient (Wildman–Crippen LogP) is 2.75. The second-order valence-corrected chi connectivity index (χ2v) is 7.75. The minimum Gasteiger partial charge on any atom is -0.359 e. The van der Waals surface area contributed by atoms with Gasteiger partial charge in [0.05, 0.1) is 6.54 Å². The number of nitrogens with zero attached hydrogens (tertiary/aromatic N) is 4. The van der Waals surface area contributed by atoms with Crippen LogP contribution >= 0.6 is 11.6 Å². The number of amides is 1. The highest BCUT2D eigenvalue weighted by Gasteiger charge is 2.23. The third-order valence-corrected chi connectivity index (χ3v) is 5.41. The van der Waals surface area contributed by atoms with Gasteiger partial charge < -0.3 is 20.1 Å². The maximum atomic E-state index is 11.6. The number of likely N-dealkylation sites (tertiary alicyclic amines) is 1. The molecule has 0 unspecified atom stereocenters. The summed E-state index contributed by atoms with van der Waals surface area (Å²) in [6, 6.07) is 7.34. The minimum absolute atomic E-state index is 0.117. The van der Waals surface area contributed by atoms with Crippen molar-refractivity contribution in [3.05, 3.63) is 35.2 Å². The Labute approximate surface area is 182 Å². The quantitative estimate of drug-likeness (QED) is 0.516. The standard InChI is InChI=1S/C21H29ClN6O2/c1-3-24-21(28-12-9-15(10-13-28)14-18(29)23-2)25-11-8-19-26-20(27-30-19)16-4-6-17(22)7-5-16/h4-7,15H,3,8-14H2,1-2H3,(H,23,29)(H,24,25). The molecule has 1 aliphatic heterocycles. The van der Waals surface area contributed by atoms with Crippen LogP contribution in [0.4, 0.5) is 0 Å². The average molecular weight is 433 g/mol. The smallest absolute Gasteiger partial charge is 0.228 e. The molecule has 1 saturated heterocycles. The van der Waals surface area contributed by atoms with E-state index in [0.717, 1.165) is 44.0 Å². The van der Waals surface area contributed by atoms with Crippen molar-refractivity contribution < 1.29 is 9.32 Å². The largest absolute Gasteiger partial charge is 0.359 e. The predicted molar refractivity (Wildman–Crippen MR) is 117 cm³/mol. The van der Waals surface area contributed by atoms with Crippen LogP contribution in [-0.4, -0.2) is 60.1 Å². The van der Waals surface area contributed by atoms with Crippen molar-refractivity contribution in [2.24, 2.45) is 10.9 Å². The molecule has 0 aliphatic carbocycles. The number of hydrogen-bond acceptors (Lipinski definition) is 5. The number of nitrogens with one attached hydrogen (secondary N) is 2. The van der Waals surface area contributed by atoms with Gasteiger partial charge in [-0.05, 0) is 49.9 Å². The molecular formula is C21H29ClN6O2. The number of piperidine rings is 1. The highest BCUT2D eigenvalue weighted by molar-refractivity contribution is 6.30. The Morgan fingerprint density at radius 1 is 1.30 bits per heavy atom. The van der Waals surface area contributed by atoms with Gasteiger partial charge in [0.1, 0.15) is 0 Å². The Hall–Kier alpha value is -2.61. The normalized spacial score (nSPS) is 15.3. The number of aliphatic imine (C=N–C) groups is 1. The summed E-state index contributed by atoms with van der Waals surface area (Å²) in [5.41, 5.74) is 0.867. The van der Waals surface area contributed by atoms with Gasteiger partial charge in [-0.1, -0.05) is 16.8 Å². The van der Waals surface area contributed by atoms with Crippen LogP contribution in [0.15, 0.2) is 33.8 Å². The molecule has 1 fully saturated rings. The molecule has 30 heavy (non-hydrogen) atoms. The summed E-state index contributed by atoms with van der Waals surface area (Å²) in [4.78, 5) is 23.0. The van der Waals surface area contributed by atoms with E-state index in [4.69, 9.17) is 21.1 Å². The molecule has 8 nitrogen and oxygen atoms in total. The topological polar surface area (TPSA) is 95.7 Å². The summed E-state index contributed by atoms with van der Waals surface area (Å²) < 4.78 is 5.36. The molecule has 0 spiro atoms. The van der Waals surface area contributed by atoms with E-state index in [9.17, 15) is 4.79 Å². The van der Waals surface area contributed by atoms with Crippen molar-refractivity contribution in [2.75, 3.05) is 33.2 Å². The molecule has 1 amide bonds. The van der Waals surface area contributed by atoms with Gasteiger partial charge in [0.25, 0.3) is 0 Å². The number of rotatable bonds is 7. The van der Waals surface area contributed by atoms with Crippen molar-refractivity contribution in [1.82, 2.24) is 25.7 Å². The molecule has 2 heterocycles. The molecule has 1 aromatic carbocycles. The fraction of sp³-hybridized carbons (Fsp3) is 0.524. The van der Waals surface area contributed by atoms with E-state index < -0.39 is 0 Å². The second kappa shape index (κ2) is 11.0. The summed E-state index contributed by atoms with van der Waals surface area (Å²) in [6.07, 6.45) is 3.16. The zero-order valence-electron chi connectivity index (χ0n) is 17.5. The fourth-order valence-corrected chi connectivity index (χ4v) is 3.60. The Bertz CT molecular complexity index is 843. The van der Waals surface area contributed by atoms with Crippen LogP contribution in [0.25, 0.3) is 11.4 Å². The van der Waals surface area contributed by atoms with Gasteiger partial charge in [-0.15, -0.1) is 0 Å². The molecular weight excluding hydrogens is 404 g/mol. The van der Waals surface area contributed by atoms with E-state index in [0.29, 0.717) is 42.0 Å². The van der Waals surface area contributed by atoms with E-state index in [-0.39, 0.29) is 5.91 Å². The van der Waals surface area contributed by atoms with Gasteiger partial charge in [-0.3, -0.25) is 9.79 Å². The maximum Gasteiger partial charge on any atom is 0.228 e. The molecule has 1 aliphatic rings. The third-order valence-electron chi connectivity index (χ3n) is 5.16. The van der Waals surface area contributed by atoms with Crippen molar-refractivity contribution in [1.29, 1.82) is 0 Å². The van der Waals surface area contributed by atoms with Gasteiger partial charge >= 0.3 is 0 Å². The summed E-state index contributed by atoms with van der Waals surface area (Å²) in [5.74, 6) is 2.56. The molecule has 162 valence electrons. The maximum absolute atomic E-state index is 11.6. The van der Waals surface area contributed by atoms with Gasteiger partial charge in [-0.2, -0.15) is 4.98 Å². The molecule has 3 rings (SSSR count). The number of aromatic nitrogens is 2. The number of halogens is 1. The van der Waals surface area contributed by atoms with Gasteiger partial charge in [0.15, 0.2) is 5.96 Å². The number of guanidine groups is 1. The van der Waals surface area contributed by atoms with E-state index in [1.807, 2.05) is 12.1 Å². The summed E-state index contributed by atoms with van der Waals surface area (Å²) in [7, 11) is 1.69. The van der Waals surface area contributed by atoms with E-state index >= 15 is 0 Å². The Balaban J connectivity index is 1.53. The Kier molecular flexibility index (Phi) is 8.07. The lowest BCUT2D eigenvalue weighted by molar-refractivity contribution is -0.121. The highest BCUT2D eigenvalue weighted by Crippen LogP contribution is 2.21. The van der Waals surface area contributed by atoms with Crippen LogP contribution in [-0.2, 0) is 11.2 Å². The summed E-state index contributed by atoms with van der Waals surface area (Å²) >= 11 is 5.92. The van der Waals surface area contributed by atoms with Crippen molar-refractivity contribution in [3.63, 3.8) is 0 Å². The number of benzene rings is 1. The first-order chi connectivity index (χ1) is 14.6. The molecule has 0 radical (unpaired) electrons. The zero-order valence-corrected chi connectivity index (χ0v) is 18.3. The molecule has 0 bridgehead atoms. The van der Waals surface area contributed by atoms with E-state index in [1.165, 1.54) is 0 Å². The molecule has 0 saturated carbocycles. The fourth-order valence-electron chi connectivity index (χ4n) is 3.47. The Morgan fingerprint density at radius 2 is 2.03 bits per heavy atom. The van der Waals surface area contributed by atoms with E-state index in [1.54, 1.807) is 19.2 Å². The van der Waals surface area contributed by atoms with Crippen LogP contribution in [0.1, 0.15) is 32.1 Å². The van der Waals surface area contributed by atoms with E-state index in [2.05, 4.69) is 32.6 Å². The molecule has 2 N–H and O–H groups in total. The first-order valence-electron chi connectivity index (χ1n) is 10.4. The Morgan fingerprint density at radius 3 is 2.70 bits per heavy atom. The van der Waals surface area contributed by atoms with Crippen LogP contribution in [0.2, 0.25) is 5.02 Å². The van der Waals surface area contributed by atoms with Crippen molar-refractivity contribution in [2.45, 2.75) is 32.6 Å².